The number of aromatic nitrogens is 4. The van der Waals surface area contributed by atoms with Crippen LogP contribution in [0.1, 0.15) is 5.82 Å². The molecular weight excluding hydrogens is 410 g/mol. The Labute approximate surface area is 136 Å². The van der Waals surface area contributed by atoms with Gasteiger partial charge < -0.3 is 5.32 Å². The van der Waals surface area contributed by atoms with Crippen molar-refractivity contribution in [2.24, 2.45) is 0 Å². The molecule has 2 aromatic heterocycles. The first-order valence-electron chi connectivity index (χ1n) is 6.16. The minimum atomic E-state index is -4.62. The highest BCUT2D eigenvalue weighted by Crippen LogP contribution is 2.30. The molecule has 0 fully saturated rings. The second kappa shape index (κ2) is 5.38. The van der Waals surface area contributed by atoms with Crippen molar-refractivity contribution in [2.45, 2.75) is 6.18 Å². The van der Waals surface area contributed by atoms with E-state index in [9.17, 15) is 13.2 Å². The van der Waals surface area contributed by atoms with Crippen molar-refractivity contribution < 1.29 is 13.2 Å². The molecule has 0 aliphatic heterocycles. The minimum Gasteiger partial charge on any atom is -0.371 e. The van der Waals surface area contributed by atoms with Gasteiger partial charge in [0.15, 0.2) is 17.0 Å². The van der Waals surface area contributed by atoms with Gasteiger partial charge in [-0.25, -0.2) is 15.0 Å². The number of imidazole rings is 1. The molecule has 0 aliphatic carbocycles. The van der Waals surface area contributed by atoms with E-state index in [1.165, 1.54) is 17.9 Å². The zero-order valence-electron chi connectivity index (χ0n) is 11.2. The van der Waals surface area contributed by atoms with Gasteiger partial charge in [0, 0.05) is 16.3 Å². The lowest BCUT2D eigenvalue weighted by Crippen LogP contribution is -2.13. The normalized spacial score (nSPS) is 11.9. The molecule has 1 aromatic carbocycles. The van der Waals surface area contributed by atoms with E-state index < -0.39 is 12.0 Å². The van der Waals surface area contributed by atoms with E-state index in [0.717, 1.165) is 3.57 Å². The first kappa shape index (κ1) is 15.0. The maximum absolute atomic E-state index is 13.0. The number of hydrogen-bond donors (Lipinski definition) is 1. The monoisotopic (exact) mass is 419 g/mol. The van der Waals surface area contributed by atoms with Crippen molar-refractivity contribution in [3.8, 4) is 5.69 Å². The summed E-state index contributed by atoms with van der Waals surface area (Å²) in [5.41, 5.74) is 1.08. The van der Waals surface area contributed by atoms with Gasteiger partial charge in [0.25, 0.3) is 0 Å². The lowest BCUT2D eigenvalue weighted by molar-refractivity contribution is -0.144. The molecule has 3 aromatic rings. The van der Waals surface area contributed by atoms with E-state index in [1.807, 2.05) is 18.2 Å². The van der Waals surface area contributed by atoms with Crippen LogP contribution in [0.2, 0.25) is 0 Å². The summed E-state index contributed by atoms with van der Waals surface area (Å²) >= 11 is 2.13. The smallest absolute Gasteiger partial charge is 0.371 e. The maximum atomic E-state index is 13.0. The fourth-order valence-electron chi connectivity index (χ4n) is 2.02. The number of nitrogens with zero attached hydrogens (tertiary/aromatic N) is 4. The topological polar surface area (TPSA) is 55.6 Å². The molecule has 0 saturated carbocycles. The summed E-state index contributed by atoms with van der Waals surface area (Å²) in [6.07, 6.45) is -3.19. The average Bonchev–Trinajstić information content (AvgIpc) is 2.89. The van der Waals surface area contributed by atoms with Gasteiger partial charge in [-0.1, -0.05) is 6.07 Å². The summed E-state index contributed by atoms with van der Waals surface area (Å²) in [4.78, 5) is 11.3. The third kappa shape index (κ3) is 2.60. The molecule has 0 bridgehead atoms. The number of benzene rings is 1. The summed E-state index contributed by atoms with van der Waals surface area (Å²) in [7, 11) is 1.49. The van der Waals surface area contributed by atoms with Gasteiger partial charge in [0.1, 0.15) is 6.33 Å². The molecular formula is C13H9F3IN5. The Morgan fingerprint density at radius 1 is 1.23 bits per heavy atom. The number of anilines is 1. The molecule has 2 heterocycles. The Balaban J connectivity index is 2.29. The molecule has 9 heteroatoms. The molecule has 0 radical (unpaired) electrons. The van der Waals surface area contributed by atoms with E-state index in [4.69, 9.17) is 0 Å². The zero-order valence-corrected chi connectivity index (χ0v) is 13.3. The molecule has 0 atom stereocenters. The third-order valence-corrected chi connectivity index (χ3v) is 3.64. The molecule has 5 nitrogen and oxygen atoms in total. The van der Waals surface area contributed by atoms with Crippen LogP contribution in [-0.2, 0) is 6.18 Å². The highest BCUT2D eigenvalue weighted by atomic mass is 127. The van der Waals surface area contributed by atoms with Gasteiger partial charge in [-0.3, -0.25) is 4.57 Å². The number of alkyl halides is 3. The SMILES string of the molecule is CNc1nc(C(F)(F)F)nc2c1ncn2-c1cccc(I)c1. The van der Waals surface area contributed by atoms with Crippen molar-refractivity contribution in [3.63, 3.8) is 0 Å². The summed E-state index contributed by atoms with van der Waals surface area (Å²) in [5.74, 6) is -1.15. The number of rotatable bonds is 2. The van der Waals surface area contributed by atoms with Crippen molar-refractivity contribution >= 4 is 39.6 Å². The van der Waals surface area contributed by atoms with E-state index in [1.54, 1.807) is 6.07 Å². The van der Waals surface area contributed by atoms with Crippen LogP contribution in [-0.4, -0.2) is 26.6 Å². The molecule has 0 aliphatic rings. The Bertz CT molecular complexity index is 843. The second-order valence-electron chi connectivity index (χ2n) is 4.41. The van der Waals surface area contributed by atoms with Crippen LogP contribution in [0, 0.1) is 3.57 Å². The highest BCUT2D eigenvalue weighted by molar-refractivity contribution is 14.1. The van der Waals surface area contributed by atoms with Gasteiger partial charge >= 0.3 is 6.18 Å². The van der Waals surface area contributed by atoms with Crippen LogP contribution in [0.5, 0.6) is 0 Å². The summed E-state index contributed by atoms with van der Waals surface area (Å²) < 4.78 is 41.3. The predicted molar refractivity (Wildman–Crippen MR) is 83.9 cm³/mol. The van der Waals surface area contributed by atoms with Gasteiger partial charge in [0.05, 0.1) is 0 Å². The summed E-state index contributed by atoms with van der Waals surface area (Å²) in [6, 6.07) is 7.31. The molecule has 0 unspecified atom stereocenters. The molecule has 114 valence electrons. The summed E-state index contributed by atoms with van der Waals surface area (Å²) in [6.45, 7) is 0. The van der Waals surface area contributed by atoms with Gasteiger partial charge in [-0.2, -0.15) is 13.2 Å². The van der Waals surface area contributed by atoms with Gasteiger partial charge in [-0.05, 0) is 40.8 Å². The largest absolute Gasteiger partial charge is 0.451 e. The van der Waals surface area contributed by atoms with Crippen LogP contribution < -0.4 is 5.32 Å². The summed E-state index contributed by atoms with van der Waals surface area (Å²) in [5, 5.41) is 2.63. The van der Waals surface area contributed by atoms with Crippen LogP contribution in [0.3, 0.4) is 0 Å². The Morgan fingerprint density at radius 2 is 2.00 bits per heavy atom. The first-order valence-corrected chi connectivity index (χ1v) is 7.24. The molecule has 1 N–H and O–H groups in total. The zero-order chi connectivity index (χ0) is 15.9. The fourth-order valence-corrected chi connectivity index (χ4v) is 2.54. The van der Waals surface area contributed by atoms with Crippen LogP contribution in [0.25, 0.3) is 16.9 Å². The lowest BCUT2D eigenvalue weighted by Gasteiger charge is -2.09. The van der Waals surface area contributed by atoms with Crippen molar-refractivity contribution in [1.82, 2.24) is 19.5 Å². The molecule has 3 rings (SSSR count). The standard InChI is InChI=1S/C13H9F3IN5/c1-18-10-9-11(21-12(20-10)13(14,15)16)22(6-19-9)8-4-2-3-7(17)5-8/h2-6H,1H3,(H,18,20,21). The fraction of sp³-hybridized carbons (Fsp3) is 0.154. The van der Waals surface area contributed by atoms with E-state index in [-0.39, 0.29) is 17.0 Å². The van der Waals surface area contributed by atoms with E-state index >= 15 is 0 Å². The number of hydrogen-bond acceptors (Lipinski definition) is 4. The maximum Gasteiger partial charge on any atom is 0.451 e. The van der Waals surface area contributed by atoms with Crippen LogP contribution in [0.4, 0.5) is 19.0 Å². The van der Waals surface area contributed by atoms with Crippen molar-refractivity contribution in [2.75, 3.05) is 12.4 Å². The Morgan fingerprint density at radius 3 is 2.64 bits per heavy atom. The molecule has 0 saturated heterocycles. The highest BCUT2D eigenvalue weighted by Gasteiger charge is 2.36. The number of fused-ring (bicyclic) bond motifs is 1. The second-order valence-corrected chi connectivity index (χ2v) is 5.66. The molecule has 22 heavy (non-hydrogen) atoms. The quantitative estimate of drug-likeness (QED) is 0.647. The lowest BCUT2D eigenvalue weighted by atomic mass is 10.3. The predicted octanol–water partition coefficient (Wildman–Crippen LogP) is 3.48. The third-order valence-electron chi connectivity index (χ3n) is 2.97. The molecule has 0 spiro atoms. The van der Waals surface area contributed by atoms with Crippen LogP contribution in [0.15, 0.2) is 30.6 Å². The van der Waals surface area contributed by atoms with E-state index in [2.05, 4.69) is 42.9 Å². The van der Waals surface area contributed by atoms with Crippen LogP contribution >= 0.6 is 22.6 Å². The Kier molecular flexibility index (Phi) is 3.67. The van der Waals surface area contributed by atoms with Crippen molar-refractivity contribution in [3.05, 3.63) is 40.0 Å². The van der Waals surface area contributed by atoms with Gasteiger partial charge in [-0.15, -0.1) is 0 Å². The average molecular weight is 419 g/mol. The minimum absolute atomic E-state index is 0.0432. The Hall–Kier alpha value is -1.91. The van der Waals surface area contributed by atoms with E-state index in [0.29, 0.717) is 5.69 Å². The van der Waals surface area contributed by atoms with Crippen molar-refractivity contribution in [1.29, 1.82) is 0 Å². The first-order chi connectivity index (χ1) is 10.4. The molecule has 0 amide bonds. The number of halogens is 4. The number of nitrogens with one attached hydrogen (secondary N) is 1. The van der Waals surface area contributed by atoms with Gasteiger partial charge in [0.2, 0.25) is 5.82 Å².